The molecule has 0 radical (unpaired) electrons. The molecule has 0 aliphatic rings. The van der Waals surface area contributed by atoms with Gasteiger partial charge in [0.25, 0.3) is 0 Å². The zero-order chi connectivity index (χ0) is 18.7. The minimum atomic E-state index is -4.19. The molecule has 0 amide bonds. The molecule has 0 aliphatic carbocycles. The predicted octanol–water partition coefficient (Wildman–Crippen LogP) is 1.86. The quantitative estimate of drug-likeness (QED) is 0.292. The van der Waals surface area contributed by atoms with Crippen molar-refractivity contribution in [1.82, 2.24) is 0 Å². The van der Waals surface area contributed by atoms with Crippen LogP contribution in [0, 0.1) is 0 Å². The van der Waals surface area contributed by atoms with Crippen LogP contribution in [0.3, 0.4) is 0 Å². The van der Waals surface area contributed by atoms with Crippen LogP contribution >= 0.6 is 0 Å². The minimum absolute atomic E-state index is 0. The molecule has 1 aromatic carbocycles. The monoisotopic (exact) mass is 392 g/mol. The largest absolute Gasteiger partial charge is 1.00 e. The van der Waals surface area contributed by atoms with E-state index < -0.39 is 10.1 Å². The second-order valence-corrected chi connectivity index (χ2v) is 8.36. The third-order valence-electron chi connectivity index (χ3n) is 4.35. The van der Waals surface area contributed by atoms with Crippen LogP contribution in [0.25, 0.3) is 0 Å². The van der Waals surface area contributed by atoms with Crippen LogP contribution in [-0.4, -0.2) is 24.8 Å². The van der Waals surface area contributed by atoms with Gasteiger partial charge in [-0.1, -0.05) is 51.7 Å². The molecule has 0 fully saturated rings. The molecular weight excluding hydrogens is 359 g/mol. The van der Waals surface area contributed by atoms with E-state index >= 15 is 0 Å². The number of unbranched alkanes of at least 4 members (excludes halogenated alkanes) is 4. The molecule has 0 heterocycles. The van der Waals surface area contributed by atoms with Crippen molar-refractivity contribution in [2.24, 2.45) is 0 Å². The number of ether oxygens (including phenoxy) is 1. The van der Waals surface area contributed by atoms with Crippen LogP contribution in [-0.2, 0) is 23.0 Å². The smallest absolute Gasteiger partial charge is 0.748 e. The van der Waals surface area contributed by atoms with Gasteiger partial charge in [0.15, 0.2) is 0 Å². The van der Waals surface area contributed by atoms with E-state index in [0.29, 0.717) is 0 Å². The maximum Gasteiger partial charge on any atom is 1.00 e. The Bertz CT molecular complexity index is 602. The second-order valence-electron chi connectivity index (χ2n) is 6.84. The maximum absolute atomic E-state index is 10.8. The Morgan fingerprint density at radius 1 is 1.04 bits per heavy atom. The summed E-state index contributed by atoms with van der Waals surface area (Å²) in [6.45, 7) is 6.20. The molecule has 1 rings (SSSR count). The average Bonchev–Trinajstić information content (AvgIpc) is 2.55. The number of hydrogen-bond donors (Lipinski definition) is 0. The van der Waals surface area contributed by atoms with Crippen molar-refractivity contribution in [1.29, 1.82) is 0 Å². The van der Waals surface area contributed by atoms with Gasteiger partial charge in [0.05, 0.1) is 16.2 Å². The average molecular weight is 393 g/mol. The van der Waals surface area contributed by atoms with E-state index in [9.17, 15) is 13.0 Å². The minimum Gasteiger partial charge on any atom is -0.748 e. The maximum atomic E-state index is 10.8. The van der Waals surface area contributed by atoms with Crippen molar-refractivity contribution in [3.05, 3.63) is 29.3 Å². The van der Waals surface area contributed by atoms with Crippen LogP contribution in [0.5, 0.6) is 5.75 Å². The Morgan fingerprint density at radius 3 is 2.23 bits per heavy atom. The molecule has 6 heteroatoms. The van der Waals surface area contributed by atoms with E-state index in [2.05, 4.69) is 32.0 Å². The SMILES string of the molecule is CCCCCc1ccc(CCCCC)c(OC(C)CCS(=O)(=O)[O-])c1.[Na+]. The molecule has 0 aliphatic heterocycles. The van der Waals surface area contributed by atoms with Crippen molar-refractivity contribution in [2.45, 2.75) is 84.7 Å². The first-order chi connectivity index (χ1) is 11.9. The zero-order valence-electron chi connectivity index (χ0n) is 16.9. The van der Waals surface area contributed by atoms with Gasteiger partial charge in [0.1, 0.15) is 5.75 Å². The third kappa shape index (κ3) is 11.6. The number of aryl methyl sites for hydroxylation is 2. The van der Waals surface area contributed by atoms with Gasteiger partial charge in [-0.15, -0.1) is 0 Å². The molecule has 1 unspecified atom stereocenters. The molecule has 0 aromatic heterocycles. The Kier molecular flexibility index (Phi) is 14.0. The number of hydrogen-bond acceptors (Lipinski definition) is 4. The van der Waals surface area contributed by atoms with Crippen molar-refractivity contribution in [2.75, 3.05) is 5.75 Å². The van der Waals surface area contributed by atoms with E-state index in [0.717, 1.165) is 31.4 Å². The third-order valence-corrected chi connectivity index (χ3v) is 5.09. The van der Waals surface area contributed by atoms with Crippen LogP contribution in [0.1, 0.15) is 76.8 Å². The van der Waals surface area contributed by atoms with Crippen molar-refractivity contribution >= 4 is 10.1 Å². The van der Waals surface area contributed by atoms with Gasteiger partial charge in [-0.2, -0.15) is 0 Å². The van der Waals surface area contributed by atoms with Gasteiger partial charge >= 0.3 is 29.6 Å². The Balaban J connectivity index is 0.00000625. The fourth-order valence-corrected chi connectivity index (χ4v) is 3.42. The van der Waals surface area contributed by atoms with Gasteiger partial charge in [-0.05, 0) is 56.2 Å². The summed E-state index contributed by atoms with van der Waals surface area (Å²) in [7, 11) is -4.19. The van der Waals surface area contributed by atoms with Gasteiger partial charge < -0.3 is 9.29 Å². The summed E-state index contributed by atoms with van der Waals surface area (Å²) in [4.78, 5) is 0. The Morgan fingerprint density at radius 2 is 1.65 bits per heavy atom. The summed E-state index contributed by atoms with van der Waals surface area (Å²) in [5.74, 6) is 0.469. The number of rotatable bonds is 13. The van der Waals surface area contributed by atoms with Gasteiger partial charge in [-0.3, -0.25) is 0 Å². The molecule has 0 saturated heterocycles. The standard InChI is InChI=1S/C20H34O4S.Na/c1-4-6-8-10-18-12-13-19(11-9-7-5-2)20(16-18)24-17(3)14-15-25(21,22)23;/h12-13,16-17H,4-11,14-15H2,1-3H3,(H,21,22,23);/q;+1/p-1. The van der Waals surface area contributed by atoms with Crippen LogP contribution < -0.4 is 34.3 Å². The normalized spacial score (nSPS) is 12.5. The van der Waals surface area contributed by atoms with Crippen LogP contribution in [0.2, 0.25) is 0 Å². The molecule has 1 aromatic rings. The first-order valence-corrected chi connectivity index (χ1v) is 11.2. The molecule has 144 valence electrons. The van der Waals surface area contributed by atoms with Crippen LogP contribution in [0.4, 0.5) is 0 Å². The van der Waals surface area contributed by atoms with E-state index in [4.69, 9.17) is 4.74 Å². The molecule has 0 saturated carbocycles. The number of benzene rings is 1. The summed E-state index contributed by atoms with van der Waals surface area (Å²) in [5, 5.41) is 0. The molecule has 26 heavy (non-hydrogen) atoms. The van der Waals surface area contributed by atoms with Gasteiger partial charge in [0, 0.05) is 5.75 Å². The van der Waals surface area contributed by atoms with E-state index in [-0.39, 0.29) is 47.8 Å². The van der Waals surface area contributed by atoms with Crippen molar-refractivity contribution in [3.8, 4) is 5.75 Å². The molecule has 0 spiro atoms. The topological polar surface area (TPSA) is 66.4 Å². The van der Waals surface area contributed by atoms with Gasteiger partial charge in [-0.25, -0.2) is 8.42 Å². The summed E-state index contributed by atoms with van der Waals surface area (Å²) in [6, 6.07) is 6.42. The first kappa shape index (κ1) is 25.9. The fourth-order valence-electron chi connectivity index (χ4n) is 2.80. The molecule has 0 bridgehead atoms. The van der Waals surface area contributed by atoms with E-state index in [1.165, 1.54) is 36.8 Å². The Labute approximate surface area is 182 Å². The summed E-state index contributed by atoms with van der Waals surface area (Å²) in [6.07, 6.45) is 8.96. The summed E-state index contributed by atoms with van der Waals surface area (Å²) >= 11 is 0. The van der Waals surface area contributed by atoms with Crippen molar-refractivity contribution in [3.63, 3.8) is 0 Å². The predicted molar refractivity (Wildman–Crippen MR) is 102 cm³/mol. The first-order valence-electron chi connectivity index (χ1n) is 9.57. The van der Waals surface area contributed by atoms with E-state index in [1.54, 1.807) is 0 Å². The van der Waals surface area contributed by atoms with E-state index in [1.807, 2.05) is 6.92 Å². The molecular formula is C20H33NaO4S. The fraction of sp³-hybridized carbons (Fsp3) is 0.700. The Hall–Kier alpha value is -0.0700. The molecule has 4 nitrogen and oxygen atoms in total. The molecule has 0 N–H and O–H groups in total. The van der Waals surface area contributed by atoms with Gasteiger partial charge in [0.2, 0.25) is 0 Å². The second kappa shape index (κ2) is 14.0. The molecule has 1 atom stereocenters. The summed E-state index contributed by atoms with van der Waals surface area (Å²) in [5.41, 5.74) is 2.43. The summed E-state index contributed by atoms with van der Waals surface area (Å²) < 4.78 is 38.5. The van der Waals surface area contributed by atoms with Crippen LogP contribution in [0.15, 0.2) is 18.2 Å². The zero-order valence-corrected chi connectivity index (χ0v) is 19.7. The van der Waals surface area contributed by atoms with Crippen molar-refractivity contribution < 1.29 is 47.3 Å².